The molecule has 1 aromatic heterocycles. The van der Waals surface area contributed by atoms with Gasteiger partial charge in [-0.1, -0.05) is 12.1 Å². The Morgan fingerprint density at radius 1 is 1.21 bits per heavy atom. The lowest BCUT2D eigenvalue weighted by molar-refractivity contribution is 0.628. The average Bonchev–Trinajstić information content (AvgIpc) is 2.68. The largest absolute Gasteiger partial charge is 0.398 e. The lowest BCUT2D eigenvalue weighted by atomic mass is 10.1. The number of halogens is 1. The highest BCUT2D eigenvalue weighted by Gasteiger charge is 2.13. The average molecular weight is 255 g/mol. The van der Waals surface area contributed by atoms with E-state index in [0.717, 1.165) is 28.0 Å². The molecule has 1 heterocycles. The minimum absolute atomic E-state index is 0.337. The first-order valence-electron chi connectivity index (χ1n) is 6.05. The van der Waals surface area contributed by atoms with Crippen LogP contribution < -0.4 is 5.73 Å². The van der Waals surface area contributed by atoms with E-state index in [1.54, 1.807) is 6.07 Å². The quantitative estimate of drug-likeness (QED) is 0.678. The highest BCUT2D eigenvalue weighted by molar-refractivity contribution is 5.85. The summed E-state index contributed by atoms with van der Waals surface area (Å²) in [6.45, 7) is 2.04. The van der Waals surface area contributed by atoms with Crippen LogP contribution in [-0.4, -0.2) is 9.55 Å². The number of aromatic nitrogens is 2. The molecule has 19 heavy (non-hydrogen) atoms. The number of benzene rings is 2. The summed E-state index contributed by atoms with van der Waals surface area (Å²) in [5, 5.41) is 0. The summed E-state index contributed by atoms with van der Waals surface area (Å²) < 4.78 is 15.1. The Balaban J connectivity index is 2.31. The van der Waals surface area contributed by atoms with Gasteiger partial charge >= 0.3 is 0 Å². The predicted octanol–water partition coefficient (Wildman–Crippen LogP) is 3.27. The van der Waals surface area contributed by atoms with Crippen molar-refractivity contribution in [2.75, 3.05) is 5.73 Å². The number of nitrogens with zero attached hydrogens (tertiary/aromatic N) is 2. The van der Waals surface area contributed by atoms with Crippen LogP contribution in [0.5, 0.6) is 0 Å². The Morgan fingerprint density at radius 2 is 2.00 bits per heavy atom. The van der Waals surface area contributed by atoms with Crippen molar-refractivity contribution in [1.82, 2.24) is 9.55 Å². The van der Waals surface area contributed by atoms with E-state index < -0.39 is 0 Å². The number of nitrogens with two attached hydrogens (primary N) is 1. The van der Waals surface area contributed by atoms with Gasteiger partial charge in [-0.2, -0.15) is 0 Å². The smallest absolute Gasteiger partial charge is 0.142 e. The van der Waals surface area contributed by atoms with Gasteiger partial charge in [-0.3, -0.25) is 0 Å². The van der Waals surface area contributed by atoms with Crippen LogP contribution in [0.15, 0.2) is 36.4 Å². The molecular formula is C15H14FN3. The Hall–Kier alpha value is -2.36. The van der Waals surface area contributed by atoms with Crippen LogP contribution in [0.3, 0.4) is 0 Å². The second kappa shape index (κ2) is 4.09. The molecule has 0 saturated carbocycles. The van der Waals surface area contributed by atoms with E-state index in [4.69, 9.17) is 5.73 Å². The second-order valence-electron chi connectivity index (χ2n) is 4.67. The predicted molar refractivity (Wildman–Crippen MR) is 75.3 cm³/mol. The molecule has 3 aromatic rings. The van der Waals surface area contributed by atoms with Crippen molar-refractivity contribution in [3.63, 3.8) is 0 Å². The molecule has 3 nitrogen and oxygen atoms in total. The minimum Gasteiger partial charge on any atom is -0.398 e. The van der Waals surface area contributed by atoms with Gasteiger partial charge in [-0.05, 0) is 36.8 Å². The molecule has 0 aliphatic rings. The molecule has 0 radical (unpaired) electrons. The van der Waals surface area contributed by atoms with E-state index in [1.807, 2.05) is 36.7 Å². The molecule has 2 N–H and O–H groups in total. The molecule has 0 fully saturated rings. The molecule has 0 spiro atoms. The van der Waals surface area contributed by atoms with E-state index in [9.17, 15) is 4.39 Å². The zero-order valence-corrected chi connectivity index (χ0v) is 10.8. The number of anilines is 1. The van der Waals surface area contributed by atoms with Crippen molar-refractivity contribution in [3.8, 4) is 11.4 Å². The standard InChI is InChI=1S/C15H14FN3/c1-9-4-3-5-13-14(9)19(2)15(18-13)11-7-6-10(16)8-12(11)17/h3-8H,17H2,1-2H3. The molecule has 0 bridgehead atoms. The second-order valence-corrected chi connectivity index (χ2v) is 4.67. The van der Waals surface area contributed by atoms with Crippen LogP contribution >= 0.6 is 0 Å². The maximum absolute atomic E-state index is 13.1. The Labute approximate surface area is 110 Å². The molecule has 0 saturated heterocycles. The van der Waals surface area contributed by atoms with Gasteiger partial charge in [0.15, 0.2) is 0 Å². The fourth-order valence-electron chi connectivity index (χ4n) is 2.44. The van der Waals surface area contributed by atoms with Crippen LogP contribution in [0.4, 0.5) is 10.1 Å². The minimum atomic E-state index is -0.337. The number of rotatable bonds is 1. The zero-order chi connectivity index (χ0) is 13.6. The highest BCUT2D eigenvalue weighted by atomic mass is 19.1. The van der Waals surface area contributed by atoms with Gasteiger partial charge in [0, 0.05) is 18.3 Å². The van der Waals surface area contributed by atoms with Crippen LogP contribution in [0, 0.1) is 12.7 Å². The van der Waals surface area contributed by atoms with E-state index in [-0.39, 0.29) is 5.82 Å². The third-order valence-electron chi connectivity index (χ3n) is 3.35. The number of hydrogen-bond acceptors (Lipinski definition) is 2. The number of aryl methyl sites for hydroxylation is 2. The molecule has 0 amide bonds. The third-order valence-corrected chi connectivity index (χ3v) is 3.35. The Bertz CT molecular complexity index is 774. The van der Waals surface area contributed by atoms with Crippen LogP contribution in [0.2, 0.25) is 0 Å². The van der Waals surface area contributed by atoms with Crippen LogP contribution in [0.25, 0.3) is 22.4 Å². The molecule has 0 aliphatic heterocycles. The number of fused-ring (bicyclic) bond motifs is 1. The van der Waals surface area contributed by atoms with Gasteiger partial charge in [0.1, 0.15) is 11.6 Å². The first-order valence-corrected chi connectivity index (χ1v) is 6.05. The lowest BCUT2D eigenvalue weighted by Gasteiger charge is -2.06. The first kappa shape index (κ1) is 11.7. The molecule has 0 unspecified atom stereocenters. The van der Waals surface area contributed by atoms with Crippen molar-refractivity contribution in [2.45, 2.75) is 6.92 Å². The summed E-state index contributed by atoms with van der Waals surface area (Å²) in [5.41, 5.74) is 10.2. The van der Waals surface area contributed by atoms with Gasteiger partial charge in [0.2, 0.25) is 0 Å². The molecule has 3 rings (SSSR count). The van der Waals surface area contributed by atoms with Crippen molar-refractivity contribution >= 4 is 16.7 Å². The summed E-state index contributed by atoms with van der Waals surface area (Å²) in [7, 11) is 1.94. The van der Waals surface area contributed by atoms with Crippen molar-refractivity contribution < 1.29 is 4.39 Å². The Morgan fingerprint density at radius 3 is 2.68 bits per heavy atom. The van der Waals surface area contributed by atoms with Gasteiger partial charge in [0.05, 0.1) is 11.0 Å². The monoisotopic (exact) mass is 255 g/mol. The summed E-state index contributed by atoms with van der Waals surface area (Å²) in [5.74, 6) is 0.415. The van der Waals surface area contributed by atoms with Crippen LogP contribution in [-0.2, 0) is 7.05 Å². The number of nitrogen functional groups attached to an aromatic ring is 1. The SMILES string of the molecule is Cc1cccc2nc(-c3ccc(F)cc3N)n(C)c12. The van der Waals surface area contributed by atoms with E-state index >= 15 is 0 Å². The summed E-state index contributed by atoms with van der Waals surface area (Å²) in [6, 6.07) is 10.4. The van der Waals surface area contributed by atoms with Gasteiger partial charge in [-0.15, -0.1) is 0 Å². The molecule has 0 aliphatic carbocycles. The maximum Gasteiger partial charge on any atom is 0.142 e. The molecule has 0 atom stereocenters. The van der Waals surface area contributed by atoms with Gasteiger partial charge < -0.3 is 10.3 Å². The molecule has 4 heteroatoms. The van der Waals surface area contributed by atoms with Gasteiger partial charge in [-0.25, -0.2) is 9.37 Å². The van der Waals surface area contributed by atoms with E-state index in [2.05, 4.69) is 4.98 Å². The number of para-hydroxylation sites is 1. The zero-order valence-electron chi connectivity index (χ0n) is 10.8. The maximum atomic E-state index is 13.1. The fourth-order valence-corrected chi connectivity index (χ4v) is 2.44. The molecular weight excluding hydrogens is 241 g/mol. The van der Waals surface area contributed by atoms with Crippen molar-refractivity contribution in [3.05, 3.63) is 47.8 Å². The summed E-state index contributed by atoms with van der Waals surface area (Å²) in [4.78, 5) is 4.59. The fraction of sp³-hybridized carbons (Fsp3) is 0.133. The molecule has 96 valence electrons. The topological polar surface area (TPSA) is 43.8 Å². The van der Waals surface area contributed by atoms with Gasteiger partial charge in [0.25, 0.3) is 0 Å². The highest BCUT2D eigenvalue weighted by Crippen LogP contribution is 2.29. The van der Waals surface area contributed by atoms with Crippen LogP contribution in [0.1, 0.15) is 5.56 Å². The van der Waals surface area contributed by atoms with E-state index in [0.29, 0.717) is 5.69 Å². The van der Waals surface area contributed by atoms with E-state index in [1.165, 1.54) is 12.1 Å². The normalized spacial score (nSPS) is 11.1. The molecule has 2 aromatic carbocycles. The van der Waals surface area contributed by atoms with Crippen molar-refractivity contribution in [1.29, 1.82) is 0 Å². The third kappa shape index (κ3) is 1.76. The summed E-state index contributed by atoms with van der Waals surface area (Å²) >= 11 is 0. The van der Waals surface area contributed by atoms with Crippen molar-refractivity contribution in [2.24, 2.45) is 7.05 Å². The number of imidazole rings is 1. The Kier molecular flexibility index (Phi) is 2.52. The first-order chi connectivity index (χ1) is 9.08. The number of hydrogen-bond donors (Lipinski definition) is 1. The lowest BCUT2D eigenvalue weighted by Crippen LogP contribution is -1.98. The summed E-state index contributed by atoms with van der Waals surface area (Å²) in [6.07, 6.45) is 0.